The first kappa shape index (κ1) is 37.3. The van der Waals surface area contributed by atoms with Crippen LogP contribution in [0.15, 0.2) is 229 Å². The quantitative estimate of drug-likeness (QED) is 0.167. The lowest BCUT2D eigenvalue weighted by atomic mass is 9.96. The highest BCUT2D eigenvalue weighted by atomic mass is 16.3. The van der Waals surface area contributed by atoms with Crippen LogP contribution in [0.25, 0.3) is 133 Å². The second-order valence-corrected chi connectivity index (χ2v) is 17.2. The molecule has 0 atom stereocenters. The molecule has 4 aromatic heterocycles. The van der Waals surface area contributed by atoms with Crippen molar-refractivity contribution >= 4 is 76.3 Å². The van der Waals surface area contributed by atoms with Gasteiger partial charge in [0.05, 0.1) is 27.8 Å². The molecule has 0 unspecified atom stereocenters. The minimum atomic E-state index is 0.532. The van der Waals surface area contributed by atoms with Crippen LogP contribution in [0.4, 0.5) is 0 Å². The summed E-state index contributed by atoms with van der Waals surface area (Å²) in [5, 5.41) is 8.96. The van der Waals surface area contributed by atoms with Gasteiger partial charge in [0.2, 0.25) is 5.95 Å². The lowest BCUT2D eigenvalue weighted by molar-refractivity contribution is 0.666. The molecule has 67 heavy (non-hydrogen) atoms. The molecule has 14 rings (SSSR count). The van der Waals surface area contributed by atoms with Crippen molar-refractivity contribution in [2.75, 3.05) is 0 Å². The van der Waals surface area contributed by atoms with Crippen molar-refractivity contribution in [3.63, 3.8) is 0 Å². The lowest BCUT2D eigenvalue weighted by Gasteiger charge is -2.15. The Morgan fingerprint density at radius 1 is 0.328 bits per heavy atom. The molecular weight excluding hydrogens is 819 g/mol. The van der Waals surface area contributed by atoms with Gasteiger partial charge in [0.25, 0.3) is 0 Å². The zero-order valence-electron chi connectivity index (χ0n) is 36.0. The van der Waals surface area contributed by atoms with E-state index in [1.54, 1.807) is 0 Å². The van der Waals surface area contributed by atoms with E-state index < -0.39 is 0 Å². The van der Waals surface area contributed by atoms with Gasteiger partial charge < -0.3 is 8.98 Å². The van der Waals surface area contributed by atoms with Crippen LogP contribution in [-0.2, 0) is 0 Å². The largest absolute Gasteiger partial charge is 0.454 e. The molecule has 0 fully saturated rings. The van der Waals surface area contributed by atoms with Crippen LogP contribution in [0.3, 0.4) is 0 Å². The van der Waals surface area contributed by atoms with Gasteiger partial charge in [-0.25, -0.2) is 4.98 Å². The Labute approximate surface area is 384 Å². The van der Waals surface area contributed by atoms with Crippen LogP contribution in [0.2, 0.25) is 0 Å². The number of hydrogen-bond donors (Lipinski definition) is 0. The third-order valence-corrected chi connectivity index (χ3v) is 13.4. The van der Waals surface area contributed by atoms with E-state index in [0.717, 1.165) is 105 Å². The molecule has 0 bridgehead atoms. The normalized spacial score (nSPS) is 11.9. The van der Waals surface area contributed by atoms with Crippen molar-refractivity contribution in [2.24, 2.45) is 0 Å². The minimum absolute atomic E-state index is 0.532. The van der Waals surface area contributed by atoms with Crippen LogP contribution < -0.4 is 0 Å². The molecular formula is C61H37N5O. The Kier molecular flexibility index (Phi) is 8.18. The van der Waals surface area contributed by atoms with Gasteiger partial charge in [-0.3, -0.25) is 4.57 Å². The van der Waals surface area contributed by atoms with Gasteiger partial charge in [-0.1, -0.05) is 194 Å². The Balaban J connectivity index is 1.11. The summed E-state index contributed by atoms with van der Waals surface area (Å²) in [6, 6.07) is 79.2. The van der Waals surface area contributed by atoms with Crippen molar-refractivity contribution in [2.45, 2.75) is 0 Å². The SMILES string of the molecule is c1ccc(-c2ccc(-c3nc(-c4ccccc4)nc(-n4c5ccccc5c5ccc6c7ccccc7n(-c7cc(-c8cccc9ccccc89)cc8c7oc7ccccc78)c6c54)n3)cc2)cc1. The molecule has 0 aliphatic heterocycles. The fraction of sp³-hybridized carbons (Fsp3) is 0. The molecule has 4 heterocycles. The topological polar surface area (TPSA) is 61.7 Å². The Bertz CT molecular complexity index is 4250. The monoisotopic (exact) mass is 855 g/mol. The summed E-state index contributed by atoms with van der Waals surface area (Å²) in [6.07, 6.45) is 0. The molecule has 14 aromatic rings. The average molecular weight is 856 g/mol. The van der Waals surface area contributed by atoms with Gasteiger partial charge in [-0.05, 0) is 63.4 Å². The molecule has 0 aliphatic carbocycles. The second kappa shape index (κ2) is 14.7. The first-order valence-corrected chi connectivity index (χ1v) is 22.6. The average Bonchev–Trinajstić information content (AvgIpc) is 4.07. The third-order valence-electron chi connectivity index (χ3n) is 13.4. The van der Waals surface area contributed by atoms with E-state index in [9.17, 15) is 0 Å². The van der Waals surface area contributed by atoms with Crippen molar-refractivity contribution in [3.05, 3.63) is 224 Å². The van der Waals surface area contributed by atoms with E-state index >= 15 is 0 Å². The molecule has 6 nitrogen and oxygen atoms in total. The number of para-hydroxylation sites is 3. The summed E-state index contributed by atoms with van der Waals surface area (Å²) in [5.74, 6) is 1.72. The Morgan fingerprint density at radius 2 is 0.851 bits per heavy atom. The Hall–Kier alpha value is -9.13. The highest BCUT2D eigenvalue weighted by Gasteiger charge is 2.26. The van der Waals surface area contributed by atoms with Crippen molar-refractivity contribution in [3.8, 4) is 56.7 Å². The highest BCUT2D eigenvalue weighted by Crippen LogP contribution is 2.45. The van der Waals surface area contributed by atoms with Gasteiger partial charge in [-0.2, -0.15) is 9.97 Å². The Morgan fingerprint density at radius 3 is 1.57 bits per heavy atom. The smallest absolute Gasteiger partial charge is 0.238 e. The molecule has 0 saturated heterocycles. The fourth-order valence-corrected chi connectivity index (χ4v) is 10.3. The maximum Gasteiger partial charge on any atom is 0.238 e. The van der Waals surface area contributed by atoms with Gasteiger partial charge in [0.15, 0.2) is 17.2 Å². The van der Waals surface area contributed by atoms with Crippen molar-refractivity contribution in [1.29, 1.82) is 0 Å². The zero-order valence-corrected chi connectivity index (χ0v) is 36.0. The van der Waals surface area contributed by atoms with E-state index in [4.69, 9.17) is 19.4 Å². The first-order chi connectivity index (χ1) is 33.2. The number of nitrogens with zero attached hydrogens (tertiary/aromatic N) is 5. The van der Waals surface area contributed by atoms with Crippen LogP contribution in [0.1, 0.15) is 0 Å². The zero-order chi connectivity index (χ0) is 44.0. The van der Waals surface area contributed by atoms with E-state index in [-0.39, 0.29) is 0 Å². The van der Waals surface area contributed by atoms with E-state index in [0.29, 0.717) is 17.6 Å². The molecule has 0 radical (unpaired) electrons. The molecule has 0 aliphatic rings. The maximum atomic E-state index is 6.97. The summed E-state index contributed by atoms with van der Waals surface area (Å²) in [4.78, 5) is 16.0. The third kappa shape index (κ3) is 5.80. The molecule has 0 amide bonds. The van der Waals surface area contributed by atoms with Crippen LogP contribution in [-0.4, -0.2) is 24.1 Å². The number of aromatic nitrogens is 5. The van der Waals surface area contributed by atoms with Gasteiger partial charge in [0, 0.05) is 43.4 Å². The number of furan rings is 1. The number of fused-ring (bicyclic) bond motifs is 11. The summed E-state index contributed by atoms with van der Waals surface area (Å²) in [5.41, 5.74) is 13.1. The first-order valence-electron chi connectivity index (χ1n) is 22.6. The predicted molar refractivity (Wildman–Crippen MR) is 275 cm³/mol. The second-order valence-electron chi connectivity index (χ2n) is 17.2. The molecule has 10 aromatic carbocycles. The molecule has 312 valence electrons. The molecule has 0 spiro atoms. The fourth-order valence-electron chi connectivity index (χ4n) is 10.3. The van der Waals surface area contributed by atoms with Crippen molar-refractivity contribution in [1.82, 2.24) is 24.1 Å². The highest BCUT2D eigenvalue weighted by molar-refractivity contribution is 6.24. The van der Waals surface area contributed by atoms with E-state index in [1.807, 2.05) is 30.3 Å². The van der Waals surface area contributed by atoms with Gasteiger partial charge in [0.1, 0.15) is 5.58 Å². The number of benzene rings is 10. The summed E-state index contributed by atoms with van der Waals surface area (Å²) >= 11 is 0. The molecule has 0 saturated carbocycles. The van der Waals surface area contributed by atoms with E-state index in [1.165, 1.54) is 10.8 Å². The standard InChI is InChI=1S/C61H37N5O/c1-3-16-38(17-4-1)39-30-32-42(33-31-39)60-62-59(41-19-5-2-6-20-41)63-61(64-60)66-53-28-13-10-24-47(53)50-35-34-49-46-23-9-12-27-52(46)65(56(49)57(50)66)54-37-43(45-26-15-21-40-18-7-8-22-44(40)45)36-51-48-25-11-14-29-55(48)67-58(51)54/h1-37H. The van der Waals surface area contributed by atoms with Gasteiger partial charge in [-0.15, -0.1) is 0 Å². The van der Waals surface area contributed by atoms with E-state index in [2.05, 4.69) is 203 Å². The molecule has 6 heteroatoms. The summed E-state index contributed by atoms with van der Waals surface area (Å²) in [6.45, 7) is 0. The van der Waals surface area contributed by atoms with Crippen LogP contribution in [0.5, 0.6) is 0 Å². The van der Waals surface area contributed by atoms with Crippen LogP contribution in [0, 0.1) is 0 Å². The molecule has 0 N–H and O–H groups in total. The summed E-state index contributed by atoms with van der Waals surface area (Å²) < 4.78 is 11.6. The number of hydrogen-bond acceptors (Lipinski definition) is 4. The number of rotatable bonds is 6. The lowest BCUT2D eigenvalue weighted by Crippen LogP contribution is -2.07. The van der Waals surface area contributed by atoms with Crippen LogP contribution >= 0.6 is 0 Å². The predicted octanol–water partition coefficient (Wildman–Crippen LogP) is 15.8. The van der Waals surface area contributed by atoms with Crippen molar-refractivity contribution < 1.29 is 4.42 Å². The van der Waals surface area contributed by atoms with Gasteiger partial charge >= 0.3 is 0 Å². The minimum Gasteiger partial charge on any atom is -0.454 e. The summed E-state index contributed by atoms with van der Waals surface area (Å²) in [7, 11) is 0. The maximum absolute atomic E-state index is 6.97.